The smallest absolute Gasteiger partial charge is 0.132 e. The van der Waals surface area contributed by atoms with Gasteiger partial charge in [0.05, 0.1) is 20.4 Å². The van der Waals surface area contributed by atoms with Gasteiger partial charge >= 0.3 is 0 Å². The summed E-state index contributed by atoms with van der Waals surface area (Å²) >= 11 is 4.69. The van der Waals surface area contributed by atoms with Crippen LogP contribution in [-0.4, -0.2) is 13.2 Å². The average Bonchev–Trinajstić information content (AvgIpc) is 2.51. The van der Waals surface area contributed by atoms with Crippen LogP contribution < -0.4 is 9.47 Å². The van der Waals surface area contributed by atoms with Gasteiger partial charge in [-0.1, -0.05) is 26.0 Å². The Morgan fingerprint density at radius 1 is 0.783 bits per heavy atom. The van der Waals surface area contributed by atoms with Crippen molar-refractivity contribution in [2.24, 2.45) is 0 Å². The van der Waals surface area contributed by atoms with Gasteiger partial charge in [0.1, 0.15) is 11.5 Å². The predicted octanol–water partition coefficient (Wildman–Crippen LogP) is 6.02. The minimum atomic E-state index is -0.0741. The van der Waals surface area contributed by atoms with Gasteiger partial charge in [-0.05, 0) is 94.4 Å². The van der Waals surface area contributed by atoms with E-state index in [0.717, 1.165) is 18.6 Å². The number of hydrogen-bond acceptors (Lipinski definition) is 2. The molecule has 0 bridgehead atoms. The highest BCUT2D eigenvalue weighted by atomic mass is 127. The lowest BCUT2D eigenvalue weighted by Crippen LogP contribution is -2.19. The van der Waals surface area contributed by atoms with E-state index in [0.29, 0.717) is 13.2 Å². The van der Waals surface area contributed by atoms with E-state index in [-0.39, 0.29) is 5.41 Å². The highest BCUT2D eigenvalue weighted by Crippen LogP contribution is 2.36. The maximum atomic E-state index is 5.65. The Kier molecular flexibility index (Phi) is 6.59. The molecule has 23 heavy (non-hydrogen) atoms. The first-order valence-corrected chi connectivity index (χ1v) is 9.91. The fourth-order valence-corrected chi connectivity index (χ4v) is 3.83. The summed E-state index contributed by atoms with van der Waals surface area (Å²) in [6, 6.07) is 12.9. The highest BCUT2D eigenvalue weighted by Gasteiger charge is 2.25. The van der Waals surface area contributed by atoms with Crippen molar-refractivity contribution in [1.29, 1.82) is 0 Å². The van der Waals surface area contributed by atoms with Crippen LogP contribution in [0, 0.1) is 7.14 Å². The van der Waals surface area contributed by atoms with E-state index in [1.54, 1.807) is 0 Å². The fraction of sp³-hybridized carbons (Fsp3) is 0.368. The van der Waals surface area contributed by atoms with Gasteiger partial charge in [0.15, 0.2) is 0 Å². The van der Waals surface area contributed by atoms with Crippen LogP contribution in [0.5, 0.6) is 11.5 Å². The van der Waals surface area contributed by atoms with E-state index in [4.69, 9.17) is 9.47 Å². The maximum absolute atomic E-state index is 5.65. The maximum Gasteiger partial charge on any atom is 0.132 e. The highest BCUT2D eigenvalue weighted by molar-refractivity contribution is 14.1. The van der Waals surface area contributed by atoms with E-state index in [1.807, 2.05) is 13.8 Å². The van der Waals surface area contributed by atoms with Crippen LogP contribution in [0.2, 0.25) is 0 Å². The summed E-state index contributed by atoms with van der Waals surface area (Å²) in [7, 11) is 0. The molecule has 0 aliphatic carbocycles. The van der Waals surface area contributed by atoms with E-state index >= 15 is 0 Å². The van der Waals surface area contributed by atoms with Crippen LogP contribution >= 0.6 is 45.2 Å². The summed E-state index contributed by atoms with van der Waals surface area (Å²) in [5.41, 5.74) is 2.49. The minimum Gasteiger partial charge on any atom is -0.493 e. The standard InChI is InChI=1S/C19H22I2O2/c1-5-22-17-9-7-13(11-15(17)20)19(3,4)14-8-10-18(23-6-2)16(21)12-14/h7-12H,5-6H2,1-4H3. The molecule has 4 heteroatoms. The molecule has 0 N–H and O–H groups in total. The predicted molar refractivity (Wildman–Crippen MR) is 113 cm³/mol. The third-order valence-corrected chi connectivity index (χ3v) is 5.59. The van der Waals surface area contributed by atoms with Crippen molar-refractivity contribution < 1.29 is 9.47 Å². The molecule has 124 valence electrons. The number of ether oxygens (including phenoxy) is 2. The van der Waals surface area contributed by atoms with Crippen molar-refractivity contribution in [2.75, 3.05) is 13.2 Å². The van der Waals surface area contributed by atoms with Crippen LogP contribution in [0.4, 0.5) is 0 Å². The van der Waals surface area contributed by atoms with Gasteiger partial charge in [-0.3, -0.25) is 0 Å². The van der Waals surface area contributed by atoms with Gasteiger partial charge in [-0.25, -0.2) is 0 Å². The summed E-state index contributed by atoms with van der Waals surface area (Å²) in [5.74, 6) is 1.91. The lowest BCUT2D eigenvalue weighted by atomic mass is 9.78. The Balaban J connectivity index is 2.37. The van der Waals surface area contributed by atoms with Crippen molar-refractivity contribution in [2.45, 2.75) is 33.1 Å². The van der Waals surface area contributed by atoms with Crippen molar-refractivity contribution in [1.82, 2.24) is 0 Å². The molecular weight excluding hydrogens is 514 g/mol. The van der Waals surface area contributed by atoms with Crippen molar-refractivity contribution in [3.8, 4) is 11.5 Å². The molecule has 0 saturated heterocycles. The Labute approximate surface area is 166 Å². The van der Waals surface area contributed by atoms with Gasteiger partial charge in [0, 0.05) is 5.41 Å². The summed E-state index contributed by atoms with van der Waals surface area (Å²) < 4.78 is 13.6. The molecule has 0 aromatic heterocycles. The molecule has 0 atom stereocenters. The largest absolute Gasteiger partial charge is 0.493 e. The van der Waals surface area contributed by atoms with E-state index in [1.165, 1.54) is 11.1 Å². The Hall–Kier alpha value is -0.500. The quantitative estimate of drug-likeness (QED) is 0.421. The number of rotatable bonds is 6. The molecular formula is C19H22I2O2. The molecule has 2 aromatic carbocycles. The van der Waals surface area contributed by atoms with Gasteiger partial charge in [-0.2, -0.15) is 0 Å². The summed E-state index contributed by atoms with van der Waals surface area (Å²) in [5, 5.41) is 0. The molecule has 0 amide bonds. The lowest BCUT2D eigenvalue weighted by molar-refractivity contribution is 0.337. The zero-order valence-electron chi connectivity index (χ0n) is 14.0. The Morgan fingerprint density at radius 3 is 1.48 bits per heavy atom. The monoisotopic (exact) mass is 536 g/mol. The molecule has 2 nitrogen and oxygen atoms in total. The van der Waals surface area contributed by atoms with Crippen molar-refractivity contribution >= 4 is 45.2 Å². The lowest BCUT2D eigenvalue weighted by Gasteiger charge is -2.27. The SMILES string of the molecule is CCOc1ccc(C(C)(C)c2ccc(OCC)c(I)c2)cc1I. The zero-order valence-corrected chi connectivity index (χ0v) is 18.3. The van der Waals surface area contributed by atoms with Crippen LogP contribution in [0.25, 0.3) is 0 Å². The van der Waals surface area contributed by atoms with Gasteiger partial charge in [0.25, 0.3) is 0 Å². The fourth-order valence-electron chi connectivity index (χ4n) is 2.49. The molecule has 2 aromatic rings. The van der Waals surface area contributed by atoms with E-state index in [9.17, 15) is 0 Å². The Morgan fingerprint density at radius 2 is 1.17 bits per heavy atom. The topological polar surface area (TPSA) is 18.5 Å². The van der Waals surface area contributed by atoms with E-state index < -0.39 is 0 Å². The number of hydrogen-bond donors (Lipinski definition) is 0. The average molecular weight is 536 g/mol. The summed E-state index contributed by atoms with van der Waals surface area (Å²) in [4.78, 5) is 0. The first kappa shape index (κ1) is 18.8. The second kappa shape index (κ2) is 8.05. The molecule has 0 aliphatic rings. The van der Waals surface area contributed by atoms with Crippen LogP contribution in [0.3, 0.4) is 0 Å². The van der Waals surface area contributed by atoms with Gasteiger partial charge in [0.2, 0.25) is 0 Å². The number of halogens is 2. The molecule has 0 saturated carbocycles. The molecule has 0 unspecified atom stereocenters. The summed E-state index contributed by atoms with van der Waals surface area (Å²) in [6.45, 7) is 9.91. The van der Waals surface area contributed by atoms with Gasteiger partial charge < -0.3 is 9.47 Å². The molecule has 0 spiro atoms. The number of benzene rings is 2. The molecule has 2 rings (SSSR count). The second-order valence-electron chi connectivity index (χ2n) is 5.78. The normalized spacial score (nSPS) is 11.4. The first-order valence-electron chi connectivity index (χ1n) is 7.75. The van der Waals surface area contributed by atoms with E-state index in [2.05, 4.69) is 95.4 Å². The molecule has 0 fully saturated rings. The Bertz CT molecular complexity index is 624. The molecule has 0 heterocycles. The third kappa shape index (κ3) is 4.32. The minimum absolute atomic E-state index is 0.0741. The molecule has 0 radical (unpaired) electrons. The van der Waals surface area contributed by atoms with Crippen molar-refractivity contribution in [3.05, 3.63) is 54.7 Å². The third-order valence-electron chi connectivity index (χ3n) is 3.91. The van der Waals surface area contributed by atoms with Crippen LogP contribution in [0.1, 0.15) is 38.8 Å². The zero-order chi connectivity index (χ0) is 17.0. The summed E-state index contributed by atoms with van der Waals surface area (Å²) in [6.07, 6.45) is 0. The van der Waals surface area contributed by atoms with Crippen LogP contribution in [-0.2, 0) is 5.41 Å². The van der Waals surface area contributed by atoms with Crippen LogP contribution in [0.15, 0.2) is 36.4 Å². The molecule has 0 aliphatic heterocycles. The van der Waals surface area contributed by atoms with Crippen molar-refractivity contribution in [3.63, 3.8) is 0 Å². The second-order valence-corrected chi connectivity index (χ2v) is 8.11. The first-order chi connectivity index (χ1) is 10.9. The van der Waals surface area contributed by atoms with Gasteiger partial charge in [-0.15, -0.1) is 0 Å².